The van der Waals surface area contributed by atoms with Gasteiger partial charge in [-0.1, -0.05) is 36.4 Å². The van der Waals surface area contributed by atoms with Crippen molar-refractivity contribution in [3.8, 4) is 0 Å². The van der Waals surface area contributed by atoms with Gasteiger partial charge in [0.1, 0.15) is 0 Å². The van der Waals surface area contributed by atoms with E-state index in [1.807, 2.05) is 49.4 Å². The highest BCUT2D eigenvalue weighted by Gasteiger charge is 2.16. The summed E-state index contributed by atoms with van der Waals surface area (Å²) >= 11 is 0. The van der Waals surface area contributed by atoms with Crippen LogP contribution in [-0.4, -0.2) is 36.3 Å². The Bertz CT molecular complexity index is 701. The number of anilines is 1. The molecule has 22 heavy (non-hydrogen) atoms. The minimum absolute atomic E-state index is 0.317. The number of nitrogens with one attached hydrogen (secondary N) is 2. The van der Waals surface area contributed by atoms with Gasteiger partial charge in [-0.3, -0.25) is 0 Å². The van der Waals surface area contributed by atoms with Gasteiger partial charge in [-0.15, -0.1) is 0 Å². The van der Waals surface area contributed by atoms with Crippen molar-refractivity contribution >= 4 is 28.2 Å². The molecule has 2 aromatic carbocycles. The van der Waals surface area contributed by atoms with Gasteiger partial charge in [0.05, 0.1) is 5.69 Å². The summed E-state index contributed by atoms with van der Waals surface area (Å²) in [6.07, 6.45) is 0.883. The monoisotopic (exact) mass is 296 g/mol. The van der Waals surface area contributed by atoms with Gasteiger partial charge in [-0.05, 0) is 24.8 Å². The molecule has 5 heteroatoms. The van der Waals surface area contributed by atoms with Gasteiger partial charge >= 0.3 is 6.03 Å². The number of carbonyl (C=O) groups is 1. The van der Waals surface area contributed by atoms with E-state index in [-0.39, 0.29) is 6.03 Å². The number of hydrogen-bond acceptors (Lipinski definition) is 3. The molecule has 1 aliphatic rings. The molecule has 0 radical (unpaired) electrons. The number of hydrogen-bond donors (Lipinski definition) is 2. The van der Waals surface area contributed by atoms with Gasteiger partial charge in [0.25, 0.3) is 0 Å². The second-order valence-electron chi connectivity index (χ2n) is 5.53. The molecule has 3 rings (SSSR count). The predicted octanol–water partition coefficient (Wildman–Crippen LogP) is 3.04. The van der Waals surface area contributed by atoms with Gasteiger partial charge in [0.15, 0.2) is 0 Å². The standard InChI is InChI=1S/C17H20N4O/c1-13(9-10-21-11-12-21)19-20-17(22)18-16-8-4-6-14-5-2-3-7-15(14)16/h2-8H,9-12H2,1H3,(H2,18,20,22)/b19-13-. The van der Waals surface area contributed by atoms with Crippen molar-refractivity contribution in [2.45, 2.75) is 13.3 Å². The number of carbonyl (C=O) groups excluding carboxylic acids is 1. The SMILES string of the molecule is C/C(CCN1CC1)=N/NC(=O)Nc1cccc2ccccc12. The lowest BCUT2D eigenvalue weighted by Crippen LogP contribution is -2.25. The van der Waals surface area contributed by atoms with Crippen LogP contribution < -0.4 is 10.7 Å². The van der Waals surface area contributed by atoms with Crippen molar-refractivity contribution in [1.29, 1.82) is 0 Å². The first-order chi connectivity index (χ1) is 10.7. The Morgan fingerprint density at radius 3 is 2.77 bits per heavy atom. The Balaban J connectivity index is 1.59. The highest BCUT2D eigenvalue weighted by atomic mass is 16.2. The maximum atomic E-state index is 12.0. The lowest BCUT2D eigenvalue weighted by molar-refractivity contribution is 0.252. The van der Waals surface area contributed by atoms with E-state index >= 15 is 0 Å². The fourth-order valence-corrected chi connectivity index (χ4v) is 2.30. The molecule has 2 N–H and O–H groups in total. The predicted molar refractivity (Wildman–Crippen MR) is 90.3 cm³/mol. The van der Waals surface area contributed by atoms with Crippen LogP contribution in [0.1, 0.15) is 13.3 Å². The number of fused-ring (bicyclic) bond motifs is 1. The number of urea groups is 1. The molecule has 1 saturated heterocycles. The van der Waals surface area contributed by atoms with Crippen LogP contribution in [0.2, 0.25) is 0 Å². The van der Waals surface area contributed by atoms with Crippen LogP contribution >= 0.6 is 0 Å². The number of nitrogens with zero attached hydrogens (tertiary/aromatic N) is 2. The van der Waals surface area contributed by atoms with Crippen molar-refractivity contribution in [2.75, 3.05) is 25.0 Å². The summed E-state index contributed by atoms with van der Waals surface area (Å²) in [6.45, 7) is 5.31. The first-order valence-electron chi connectivity index (χ1n) is 7.52. The Kier molecular flexibility index (Phi) is 4.34. The van der Waals surface area contributed by atoms with Crippen molar-refractivity contribution in [2.24, 2.45) is 5.10 Å². The van der Waals surface area contributed by atoms with Crippen molar-refractivity contribution in [1.82, 2.24) is 10.3 Å². The first-order valence-corrected chi connectivity index (χ1v) is 7.52. The summed E-state index contributed by atoms with van der Waals surface area (Å²) in [4.78, 5) is 14.3. The normalized spacial score (nSPS) is 14.9. The lowest BCUT2D eigenvalue weighted by atomic mass is 10.1. The van der Waals surface area contributed by atoms with Gasteiger partial charge in [-0.25, -0.2) is 10.2 Å². The van der Waals surface area contributed by atoms with Gasteiger partial charge in [0, 0.05) is 30.7 Å². The molecule has 2 aromatic rings. The summed E-state index contributed by atoms with van der Waals surface area (Å²) in [7, 11) is 0. The van der Waals surface area contributed by atoms with E-state index in [0.717, 1.165) is 35.1 Å². The minimum Gasteiger partial charge on any atom is -0.306 e. The van der Waals surface area contributed by atoms with Crippen LogP contribution in [0.15, 0.2) is 47.6 Å². The molecule has 0 saturated carbocycles. The molecule has 0 spiro atoms. The van der Waals surface area contributed by atoms with Crippen molar-refractivity contribution in [3.05, 3.63) is 42.5 Å². The molecule has 5 nitrogen and oxygen atoms in total. The van der Waals surface area contributed by atoms with Crippen LogP contribution in [0.3, 0.4) is 0 Å². The molecule has 2 amide bonds. The van der Waals surface area contributed by atoms with E-state index < -0.39 is 0 Å². The summed E-state index contributed by atoms with van der Waals surface area (Å²) in [5, 5.41) is 9.09. The molecule has 0 unspecified atom stereocenters. The number of amides is 2. The smallest absolute Gasteiger partial charge is 0.306 e. The highest BCUT2D eigenvalue weighted by Crippen LogP contribution is 2.22. The summed E-state index contributed by atoms with van der Waals surface area (Å²) in [6, 6.07) is 13.5. The molecular formula is C17H20N4O. The second-order valence-corrected chi connectivity index (χ2v) is 5.53. The van der Waals surface area contributed by atoms with E-state index in [1.165, 1.54) is 13.1 Å². The number of benzene rings is 2. The van der Waals surface area contributed by atoms with E-state index in [0.29, 0.717) is 0 Å². The van der Waals surface area contributed by atoms with Gasteiger partial charge in [0.2, 0.25) is 0 Å². The average Bonchev–Trinajstić information content (AvgIpc) is 3.36. The Labute approximate surface area is 130 Å². The van der Waals surface area contributed by atoms with Crippen LogP contribution in [0.4, 0.5) is 10.5 Å². The van der Waals surface area contributed by atoms with Crippen LogP contribution in [0.5, 0.6) is 0 Å². The zero-order chi connectivity index (χ0) is 15.4. The molecule has 1 aliphatic heterocycles. The summed E-state index contributed by atoms with van der Waals surface area (Å²) in [5.74, 6) is 0. The lowest BCUT2D eigenvalue weighted by Gasteiger charge is -2.08. The highest BCUT2D eigenvalue weighted by molar-refractivity contribution is 6.01. The van der Waals surface area contributed by atoms with E-state index in [4.69, 9.17) is 0 Å². The molecular weight excluding hydrogens is 276 g/mol. The minimum atomic E-state index is -0.317. The maximum Gasteiger partial charge on any atom is 0.339 e. The van der Waals surface area contributed by atoms with Gasteiger partial charge < -0.3 is 10.2 Å². The zero-order valence-corrected chi connectivity index (χ0v) is 12.7. The average molecular weight is 296 g/mol. The molecule has 0 atom stereocenters. The molecule has 0 bridgehead atoms. The summed E-state index contributed by atoms with van der Waals surface area (Å²) < 4.78 is 0. The van der Waals surface area contributed by atoms with E-state index in [2.05, 4.69) is 20.7 Å². The third-order valence-corrected chi connectivity index (χ3v) is 3.72. The largest absolute Gasteiger partial charge is 0.339 e. The quantitative estimate of drug-likeness (QED) is 0.506. The van der Waals surface area contributed by atoms with E-state index in [9.17, 15) is 4.79 Å². The molecule has 0 aliphatic carbocycles. The van der Waals surface area contributed by atoms with Crippen LogP contribution in [0.25, 0.3) is 10.8 Å². The third kappa shape index (κ3) is 3.83. The second kappa shape index (κ2) is 6.58. The molecule has 1 heterocycles. The van der Waals surface area contributed by atoms with Crippen LogP contribution in [-0.2, 0) is 0 Å². The van der Waals surface area contributed by atoms with Crippen molar-refractivity contribution < 1.29 is 4.79 Å². The van der Waals surface area contributed by atoms with Gasteiger partial charge in [-0.2, -0.15) is 5.10 Å². The first kappa shape index (κ1) is 14.5. The number of hydrazone groups is 1. The molecule has 114 valence electrons. The van der Waals surface area contributed by atoms with E-state index in [1.54, 1.807) is 0 Å². The van der Waals surface area contributed by atoms with Crippen LogP contribution in [0, 0.1) is 0 Å². The zero-order valence-electron chi connectivity index (χ0n) is 12.7. The number of rotatable bonds is 5. The summed E-state index contributed by atoms with van der Waals surface area (Å²) in [5.41, 5.74) is 4.27. The Morgan fingerprint density at radius 2 is 1.95 bits per heavy atom. The fraction of sp³-hybridized carbons (Fsp3) is 0.294. The molecule has 1 fully saturated rings. The fourth-order valence-electron chi connectivity index (χ4n) is 2.30. The Hall–Kier alpha value is -2.40. The maximum absolute atomic E-state index is 12.0. The van der Waals surface area contributed by atoms with Crippen molar-refractivity contribution in [3.63, 3.8) is 0 Å². The topological polar surface area (TPSA) is 56.5 Å². The molecule has 0 aromatic heterocycles. The third-order valence-electron chi connectivity index (χ3n) is 3.72. The Morgan fingerprint density at radius 1 is 1.18 bits per heavy atom.